The van der Waals surface area contributed by atoms with E-state index in [9.17, 15) is 9.59 Å². The van der Waals surface area contributed by atoms with Crippen LogP contribution >= 0.6 is 11.6 Å². The highest BCUT2D eigenvalue weighted by Gasteiger charge is 2.20. The lowest BCUT2D eigenvalue weighted by Crippen LogP contribution is -2.43. The maximum absolute atomic E-state index is 12.3. The molecule has 0 spiro atoms. The quantitative estimate of drug-likeness (QED) is 0.612. The Labute approximate surface area is 175 Å². The van der Waals surface area contributed by atoms with Crippen molar-refractivity contribution in [1.82, 2.24) is 15.5 Å². The van der Waals surface area contributed by atoms with Crippen LogP contribution in [0, 0.1) is 0 Å². The van der Waals surface area contributed by atoms with Crippen LogP contribution in [0.2, 0.25) is 5.02 Å². The molecule has 29 heavy (non-hydrogen) atoms. The van der Waals surface area contributed by atoms with Crippen molar-refractivity contribution in [3.8, 4) is 0 Å². The van der Waals surface area contributed by atoms with Crippen molar-refractivity contribution >= 4 is 34.2 Å². The van der Waals surface area contributed by atoms with Gasteiger partial charge in [-0.3, -0.25) is 9.59 Å². The zero-order valence-corrected chi connectivity index (χ0v) is 17.2. The molecular weight excluding hydrogens is 386 g/mol. The predicted molar refractivity (Wildman–Crippen MR) is 117 cm³/mol. The summed E-state index contributed by atoms with van der Waals surface area (Å²) in [5.41, 5.74) is 1.86. The molecule has 0 saturated heterocycles. The molecule has 1 atom stereocenters. The molecule has 0 aliphatic heterocycles. The molecule has 150 valence electrons. The van der Waals surface area contributed by atoms with Gasteiger partial charge >= 0.3 is 11.8 Å². The molecule has 1 unspecified atom stereocenters. The van der Waals surface area contributed by atoms with Gasteiger partial charge in [0.15, 0.2) is 0 Å². The van der Waals surface area contributed by atoms with Gasteiger partial charge in [-0.05, 0) is 42.1 Å². The third-order valence-corrected chi connectivity index (χ3v) is 5.23. The molecule has 0 fully saturated rings. The third kappa shape index (κ3) is 5.13. The summed E-state index contributed by atoms with van der Waals surface area (Å²) < 4.78 is 0. The van der Waals surface area contributed by atoms with Crippen molar-refractivity contribution in [2.75, 3.05) is 20.6 Å². The molecular formula is C23H24ClN3O2. The molecule has 0 bridgehead atoms. The summed E-state index contributed by atoms with van der Waals surface area (Å²) in [6.07, 6.45) is 0. The Morgan fingerprint density at radius 1 is 0.897 bits per heavy atom. The predicted octanol–water partition coefficient (Wildman–Crippen LogP) is 3.53. The van der Waals surface area contributed by atoms with Gasteiger partial charge < -0.3 is 15.5 Å². The molecule has 3 rings (SSSR count). The number of hydrogen-bond acceptors (Lipinski definition) is 3. The van der Waals surface area contributed by atoms with Gasteiger partial charge in [-0.1, -0.05) is 72.3 Å². The molecule has 2 amide bonds. The normalized spacial score (nSPS) is 12.0. The van der Waals surface area contributed by atoms with Gasteiger partial charge in [-0.25, -0.2) is 0 Å². The van der Waals surface area contributed by atoms with Crippen LogP contribution < -0.4 is 10.6 Å². The molecule has 0 aromatic heterocycles. The largest absolute Gasteiger partial charge is 0.346 e. The number of nitrogens with one attached hydrogen (secondary N) is 2. The van der Waals surface area contributed by atoms with Crippen LogP contribution in [0.3, 0.4) is 0 Å². The Hall–Kier alpha value is -2.89. The van der Waals surface area contributed by atoms with Crippen LogP contribution in [0.15, 0.2) is 66.7 Å². The van der Waals surface area contributed by atoms with E-state index in [0.29, 0.717) is 11.6 Å². The summed E-state index contributed by atoms with van der Waals surface area (Å²) in [5, 5.41) is 8.19. The van der Waals surface area contributed by atoms with Crippen molar-refractivity contribution in [3.63, 3.8) is 0 Å². The van der Waals surface area contributed by atoms with Crippen LogP contribution in [0.25, 0.3) is 10.8 Å². The number of halogens is 1. The second-order valence-electron chi connectivity index (χ2n) is 7.03. The lowest BCUT2D eigenvalue weighted by molar-refractivity contribution is -0.139. The van der Waals surface area contributed by atoms with E-state index in [4.69, 9.17) is 11.6 Å². The van der Waals surface area contributed by atoms with Crippen molar-refractivity contribution < 1.29 is 9.59 Å². The topological polar surface area (TPSA) is 61.4 Å². The average Bonchev–Trinajstić information content (AvgIpc) is 2.72. The fourth-order valence-corrected chi connectivity index (χ4v) is 3.48. The molecule has 0 radical (unpaired) electrons. The lowest BCUT2D eigenvalue weighted by atomic mass is 9.98. The van der Waals surface area contributed by atoms with Crippen LogP contribution in [0.4, 0.5) is 0 Å². The first-order valence-electron chi connectivity index (χ1n) is 9.41. The summed E-state index contributed by atoms with van der Waals surface area (Å²) in [6.45, 7) is 0.520. The summed E-state index contributed by atoms with van der Waals surface area (Å²) in [4.78, 5) is 26.5. The molecule has 0 saturated carbocycles. The fourth-order valence-electron chi connectivity index (χ4n) is 3.28. The van der Waals surface area contributed by atoms with Gasteiger partial charge in [0.2, 0.25) is 0 Å². The molecule has 5 nitrogen and oxygen atoms in total. The highest BCUT2D eigenvalue weighted by atomic mass is 35.5. The zero-order valence-electron chi connectivity index (χ0n) is 16.5. The van der Waals surface area contributed by atoms with Gasteiger partial charge in [-0.15, -0.1) is 0 Å². The fraction of sp³-hybridized carbons (Fsp3) is 0.217. The molecule has 3 aromatic carbocycles. The number of nitrogens with zero attached hydrogens (tertiary/aromatic N) is 1. The Balaban J connectivity index is 1.65. The standard InChI is InChI=1S/C23H24ClN3O2/c1-27(2)21(19-12-7-10-16-8-3-5-11-18(16)19)15-26-23(29)22(28)25-14-17-9-4-6-13-20(17)24/h3-13,21H,14-15H2,1-2H3,(H,25,28)(H,26,29). The minimum Gasteiger partial charge on any atom is -0.346 e. The number of amides is 2. The van der Waals surface area contributed by atoms with Gasteiger partial charge in [0.1, 0.15) is 0 Å². The van der Waals surface area contributed by atoms with Gasteiger partial charge in [-0.2, -0.15) is 0 Å². The second kappa shape index (κ2) is 9.54. The maximum Gasteiger partial charge on any atom is 0.309 e. The van der Waals surface area contributed by atoms with Crippen molar-refractivity contribution in [3.05, 3.63) is 82.9 Å². The molecule has 0 aliphatic carbocycles. The zero-order chi connectivity index (χ0) is 20.8. The van der Waals surface area contributed by atoms with E-state index in [1.54, 1.807) is 6.07 Å². The number of carbonyl (C=O) groups is 2. The molecule has 0 heterocycles. The third-order valence-electron chi connectivity index (χ3n) is 4.87. The Morgan fingerprint density at radius 3 is 2.31 bits per heavy atom. The summed E-state index contributed by atoms with van der Waals surface area (Å²) in [7, 11) is 3.91. The lowest BCUT2D eigenvalue weighted by Gasteiger charge is -2.26. The first-order valence-corrected chi connectivity index (χ1v) is 9.78. The van der Waals surface area contributed by atoms with E-state index < -0.39 is 11.8 Å². The van der Waals surface area contributed by atoms with Crippen LogP contribution in [-0.2, 0) is 16.1 Å². The summed E-state index contributed by atoms with van der Waals surface area (Å²) in [5.74, 6) is -1.34. The van der Waals surface area contributed by atoms with Gasteiger partial charge in [0.05, 0.1) is 6.04 Å². The minimum atomic E-state index is -0.680. The molecule has 6 heteroatoms. The minimum absolute atomic E-state index is 0.0681. The molecule has 2 N–H and O–H groups in total. The van der Waals surface area contributed by atoms with E-state index in [0.717, 1.165) is 21.9 Å². The summed E-state index contributed by atoms with van der Waals surface area (Å²) >= 11 is 6.08. The first kappa shape index (κ1) is 20.8. The number of rotatable bonds is 6. The Morgan fingerprint density at radius 2 is 1.55 bits per heavy atom. The van der Waals surface area contributed by atoms with Gasteiger partial charge in [0, 0.05) is 18.1 Å². The molecule has 3 aromatic rings. The highest BCUT2D eigenvalue weighted by Crippen LogP contribution is 2.26. The number of likely N-dealkylation sites (N-methyl/N-ethyl adjacent to an activating group) is 1. The van der Waals surface area contributed by atoms with E-state index in [1.807, 2.05) is 55.4 Å². The van der Waals surface area contributed by atoms with Crippen LogP contribution in [0.1, 0.15) is 17.2 Å². The maximum atomic E-state index is 12.3. The van der Waals surface area contributed by atoms with E-state index in [2.05, 4.69) is 34.9 Å². The number of carbonyl (C=O) groups excluding carboxylic acids is 2. The van der Waals surface area contributed by atoms with E-state index >= 15 is 0 Å². The van der Waals surface area contributed by atoms with Crippen LogP contribution in [0.5, 0.6) is 0 Å². The first-order chi connectivity index (χ1) is 14.0. The van der Waals surface area contributed by atoms with Crippen molar-refractivity contribution in [1.29, 1.82) is 0 Å². The van der Waals surface area contributed by atoms with Gasteiger partial charge in [0.25, 0.3) is 0 Å². The summed E-state index contributed by atoms with van der Waals surface area (Å²) in [6, 6.07) is 21.4. The Bertz CT molecular complexity index is 1010. The van der Waals surface area contributed by atoms with Crippen molar-refractivity contribution in [2.24, 2.45) is 0 Å². The SMILES string of the molecule is CN(C)C(CNC(=O)C(=O)NCc1ccccc1Cl)c1cccc2ccccc12. The highest BCUT2D eigenvalue weighted by molar-refractivity contribution is 6.35. The Kier molecular flexibility index (Phi) is 6.86. The number of fused-ring (bicyclic) bond motifs is 1. The monoisotopic (exact) mass is 409 g/mol. The van der Waals surface area contributed by atoms with E-state index in [-0.39, 0.29) is 12.6 Å². The second-order valence-corrected chi connectivity index (χ2v) is 7.44. The van der Waals surface area contributed by atoms with E-state index in [1.165, 1.54) is 0 Å². The number of benzene rings is 3. The average molecular weight is 410 g/mol. The van der Waals surface area contributed by atoms with Crippen molar-refractivity contribution in [2.45, 2.75) is 12.6 Å². The smallest absolute Gasteiger partial charge is 0.309 e. The molecule has 0 aliphatic rings. The number of hydrogen-bond donors (Lipinski definition) is 2. The van der Waals surface area contributed by atoms with Crippen LogP contribution in [-0.4, -0.2) is 37.4 Å².